The molecular formula is C13H18N4O2S. The van der Waals surface area contributed by atoms with Crippen molar-refractivity contribution in [3.8, 4) is 0 Å². The van der Waals surface area contributed by atoms with Crippen molar-refractivity contribution in [3.05, 3.63) is 35.5 Å². The zero-order valence-electron chi connectivity index (χ0n) is 11.6. The maximum absolute atomic E-state index is 12.3. The molecule has 0 radical (unpaired) electrons. The quantitative estimate of drug-likeness (QED) is 0.752. The molecule has 2 rings (SSSR count). The number of aryl methyl sites for hydroxylation is 1. The lowest BCUT2D eigenvalue weighted by Crippen LogP contribution is -2.15. The standard InChI is InChI=1S/C13H18N4O2S/c1-8(2)11-7-13(16-15-11)17-20(18,19)12-5-4-9(3)6-10(12)14/h4-8H,14H2,1-3H3,(H2,15,16,17). The highest BCUT2D eigenvalue weighted by Gasteiger charge is 2.19. The maximum Gasteiger partial charge on any atom is 0.265 e. The zero-order chi connectivity index (χ0) is 14.9. The van der Waals surface area contributed by atoms with E-state index in [1.165, 1.54) is 6.07 Å². The van der Waals surface area contributed by atoms with E-state index in [-0.39, 0.29) is 22.3 Å². The van der Waals surface area contributed by atoms with Crippen molar-refractivity contribution >= 4 is 21.5 Å². The Labute approximate surface area is 118 Å². The first-order chi connectivity index (χ1) is 9.29. The number of rotatable bonds is 4. The van der Waals surface area contributed by atoms with Crippen LogP contribution >= 0.6 is 0 Å². The van der Waals surface area contributed by atoms with Crippen LogP contribution in [-0.4, -0.2) is 18.6 Å². The van der Waals surface area contributed by atoms with Crippen LogP contribution < -0.4 is 10.5 Å². The Hall–Kier alpha value is -2.02. The lowest BCUT2D eigenvalue weighted by atomic mass is 10.1. The summed E-state index contributed by atoms with van der Waals surface area (Å²) in [4.78, 5) is 0.0530. The van der Waals surface area contributed by atoms with E-state index in [0.29, 0.717) is 0 Å². The molecule has 0 unspecified atom stereocenters. The molecule has 0 bridgehead atoms. The molecule has 0 amide bonds. The SMILES string of the molecule is Cc1ccc(S(=O)(=O)Nc2cc(C(C)C)[nH]n2)c(N)c1. The second-order valence-electron chi connectivity index (χ2n) is 5.01. The molecular weight excluding hydrogens is 276 g/mol. The molecule has 108 valence electrons. The van der Waals surface area contributed by atoms with Crippen LogP contribution in [-0.2, 0) is 10.0 Å². The summed E-state index contributed by atoms with van der Waals surface area (Å²) >= 11 is 0. The van der Waals surface area contributed by atoms with Gasteiger partial charge in [0, 0.05) is 11.8 Å². The van der Waals surface area contributed by atoms with Gasteiger partial charge in [-0.05, 0) is 30.5 Å². The van der Waals surface area contributed by atoms with Gasteiger partial charge in [-0.15, -0.1) is 0 Å². The number of benzene rings is 1. The molecule has 0 aliphatic carbocycles. The molecule has 1 heterocycles. The Morgan fingerprint density at radius 2 is 2.00 bits per heavy atom. The Morgan fingerprint density at radius 3 is 2.55 bits per heavy atom. The third kappa shape index (κ3) is 2.93. The van der Waals surface area contributed by atoms with E-state index in [0.717, 1.165) is 11.3 Å². The molecule has 7 heteroatoms. The van der Waals surface area contributed by atoms with Gasteiger partial charge in [0.2, 0.25) is 0 Å². The second-order valence-corrected chi connectivity index (χ2v) is 6.66. The number of nitrogens with two attached hydrogens (primary N) is 1. The molecule has 2 aromatic rings. The van der Waals surface area contributed by atoms with E-state index >= 15 is 0 Å². The van der Waals surface area contributed by atoms with Crippen molar-refractivity contribution < 1.29 is 8.42 Å². The average molecular weight is 294 g/mol. The van der Waals surface area contributed by atoms with Crippen molar-refractivity contribution in [1.29, 1.82) is 0 Å². The van der Waals surface area contributed by atoms with Crippen LogP contribution in [0.1, 0.15) is 31.0 Å². The average Bonchev–Trinajstić information content (AvgIpc) is 2.76. The van der Waals surface area contributed by atoms with E-state index in [1.54, 1.807) is 18.2 Å². The van der Waals surface area contributed by atoms with Gasteiger partial charge in [-0.2, -0.15) is 5.10 Å². The molecule has 0 fully saturated rings. The topological polar surface area (TPSA) is 101 Å². The summed E-state index contributed by atoms with van der Waals surface area (Å²) in [6, 6.07) is 6.49. The number of hydrogen-bond acceptors (Lipinski definition) is 4. The summed E-state index contributed by atoms with van der Waals surface area (Å²) < 4.78 is 27.0. The molecule has 0 atom stereocenters. The van der Waals surface area contributed by atoms with Gasteiger partial charge in [-0.3, -0.25) is 9.82 Å². The molecule has 0 spiro atoms. The largest absolute Gasteiger partial charge is 0.398 e. The van der Waals surface area contributed by atoms with E-state index in [1.807, 2.05) is 20.8 Å². The number of H-pyrrole nitrogens is 1. The highest BCUT2D eigenvalue weighted by atomic mass is 32.2. The number of aromatic amines is 1. The molecule has 4 N–H and O–H groups in total. The fraction of sp³-hybridized carbons (Fsp3) is 0.308. The van der Waals surface area contributed by atoms with E-state index < -0.39 is 10.0 Å². The first-order valence-electron chi connectivity index (χ1n) is 6.24. The van der Waals surface area contributed by atoms with Crippen molar-refractivity contribution in [3.63, 3.8) is 0 Å². The Morgan fingerprint density at radius 1 is 1.30 bits per heavy atom. The van der Waals surface area contributed by atoms with E-state index in [2.05, 4.69) is 14.9 Å². The number of sulfonamides is 1. The van der Waals surface area contributed by atoms with Crippen LogP contribution in [0.4, 0.5) is 11.5 Å². The van der Waals surface area contributed by atoms with Crippen molar-refractivity contribution in [2.24, 2.45) is 0 Å². The first kappa shape index (κ1) is 14.4. The summed E-state index contributed by atoms with van der Waals surface area (Å²) in [7, 11) is -3.73. The maximum atomic E-state index is 12.3. The highest BCUT2D eigenvalue weighted by molar-refractivity contribution is 7.92. The number of hydrogen-bond donors (Lipinski definition) is 3. The molecule has 0 aliphatic rings. The number of aromatic nitrogens is 2. The molecule has 20 heavy (non-hydrogen) atoms. The smallest absolute Gasteiger partial charge is 0.265 e. The fourth-order valence-electron chi connectivity index (χ4n) is 1.79. The van der Waals surface area contributed by atoms with Gasteiger partial charge in [-0.1, -0.05) is 19.9 Å². The van der Waals surface area contributed by atoms with Gasteiger partial charge < -0.3 is 5.73 Å². The van der Waals surface area contributed by atoms with Gasteiger partial charge in [0.1, 0.15) is 4.90 Å². The number of nitrogens with one attached hydrogen (secondary N) is 2. The predicted octanol–water partition coefficient (Wildman–Crippen LogP) is 2.22. The number of nitrogen functional groups attached to an aromatic ring is 1. The van der Waals surface area contributed by atoms with Crippen LogP contribution in [0, 0.1) is 6.92 Å². The van der Waals surface area contributed by atoms with Gasteiger partial charge in [0.05, 0.1) is 5.69 Å². The molecule has 0 saturated heterocycles. The van der Waals surface area contributed by atoms with Crippen molar-refractivity contribution in [2.75, 3.05) is 10.5 Å². The van der Waals surface area contributed by atoms with Gasteiger partial charge in [0.25, 0.3) is 10.0 Å². The van der Waals surface area contributed by atoms with E-state index in [4.69, 9.17) is 5.73 Å². The van der Waals surface area contributed by atoms with Crippen molar-refractivity contribution in [2.45, 2.75) is 31.6 Å². The summed E-state index contributed by atoms with van der Waals surface area (Å²) in [5.74, 6) is 0.499. The molecule has 0 aliphatic heterocycles. The van der Waals surface area contributed by atoms with Crippen LogP contribution in [0.2, 0.25) is 0 Å². The zero-order valence-corrected chi connectivity index (χ0v) is 12.5. The molecule has 1 aromatic carbocycles. The minimum absolute atomic E-state index is 0.0530. The lowest BCUT2D eigenvalue weighted by molar-refractivity contribution is 0.601. The summed E-state index contributed by atoms with van der Waals surface area (Å²) in [5, 5.41) is 6.73. The van der Waals surface area contributed by atoms with Gasteiger partial charge >= 0.3 is 0 Å². The fourth-order valence-corrected chi connectivity index (χ4v) is 2.90. The Kier molecular flexibility index (Phi) is 3.71. The Balaban J connectivity index is 2.30. The molecule has 6 nitrogen and oxygen atoms in total. The number of anilines is 2. The summed E-state index contributed by atoms with van der Waals surface area (Å²) in [5.41, 5.74) is 7.75. The second kappa shape index (κ2) is 5.16. The van der Waals surface area contributed by atoms with Crippen LogP contribution in [0.3, 0.4) is 0 Å². The summed E-state index contributed by atoms with van der Waals surface area (Å²) in [6.07, 6.45) is 0. The first-order valence-corrected chi connectivity index (χ1v) is 7.72. The monoisotopic (exact) mass is 294 g/mol. The van der Waals surface area contributed by atoms with Gasteiger partial charge in [-0.25, -0.2) is 8.42 Å². The van der Waals surface area contributed by atoms with Crippen LogP contribution in [0.5, 0.6) is 0 Å². The predicted molar refractivity (Wildman–Crippen MR) is 79.1 cm³/mol. The minimum atomic E-state index is -3.73. The summed E-state index contributed by atoms with van der Waals surface area (Å²) in [6.45, 7) is 5.83. The molecule has 1 aromatic heterocycles. The normalized spacial score (nSPS) is 11.8. The third-order valence-electron chi connectivity index (χ3n) is 2.91. The molecule has 0 saturated carbocycles. The van der Waals surface area contributed by atoms with Crippen LogP contribution in [0.25, 0.3) is 0 Å². The minimum Gasteiger partial charge on any atom is -0.398 e. The third-order valence-corrected chi connectivity index (χ3v) is 4.34. The van der Waals surface area contributed by atoms with E-state index in [9.17, 15) is 8.42 Å². The van der Waals surface area contributed by atoms with Gasteiger partial charge in [0.15, 0.2) is 5.82 Å². The number of nitrogens with zero attached hydrogens (tertiary/aromatic N) is 1. The highest BCUT2D eigenvalue weighted by Crippen LogP contribution is 2.23. The lowest BCUT2D eigenvalue weighted by Gasteiger charge is -2.08. The van der Waals surface area contributed by atoms with Crippen LogP contribution in [0.15, 0.2) is 29.2 Å². The Bertz CT molecular complexity index is 720. The van der Waals surface area contributed by atoms with Crippen molar-refractivity contribution in [1.82, 2.24) is 10.2 Å².